The molecule has 11 heteroatoms. The molecule has 218 valence electrons. The lowest BCUT2D eigenvalue weighted by atomic mass is 9.82. The van der Waals surface area contributed by atoms with Crippen LogP contribution in [0.4, 0.5) is 9.59 Å². The first-order valence-corrected chi connectivity index (χ1v) is 12.6. The van der Waals surface area contributed by atoms with Crippen LogP contribution in [-0.2, 0) is 19.0 Å². The second-order valence-electron chi connectivity index (χ2n) is 11.2. The Labute approximate surface area is 233 Å². The summed E-state index contributed by atoms with van der Waals surface area (Å²) >= 11 is 0. The molecule has 3 atom stereocenters. The minimum absolute atomic E-state index is 0.155. The molecule has 0 amide bonds. The molecule has 0 spiro atoms. The van der Waals surface area contributed by atoms with Crippen LogP contribution < -0.4 is 15.2 Å². The Bertz CT molecular complexity index is 1200. The van der Waals surface area contributed by atoms with E-state index in [0.717, 1.165) is 0 Å². The van der Waals surface area contributed by atoms with Gasteiger partial charge in [-0.15, -0.1) is 0 Å². The number of carbonyl (C=O) groups excluding carboxylic acids is 3. The zero-order chi connectivity index (χ0) is 30.3. The number of carboxylic acids is 1. The number of benzene rings is 2. The summed E-state index contributed by atoms with van der Waals surface area (Å²) in [4.78, 5) is 49.2. The molecule has 0 fully saturated rings. The van der Waals surface area contributed by atoms with E-state index in [2.05, 4.69) is 0 Å². The summed E-state index contributed by atoms with van der Waals surface area (Å²) in [5.74, 6) is -3.77. The van der Waals surface area contributed by atoms with Crippen LogP contribution in [0.25, 0.3) is 0 Å². The highest BCUT2D eigenvalue weighted by Crippen LogP contribution is 2.36. The number of carbonyl (C=O) groups is 4. The molecule has 0 aromatic heterocycles. The minimum atomic E-state index is -1.42. The van der Waals surface area contributed by atoms with Gasteiger partial charge in [-0.3, -0.25) is 4.79 Å². The predicted octanol–water partition coefficient (Wildman–Crippen LogP) is 5.30. The van der Waals surface area contributed by atoms with Crippen LogP contribution in [0.5, 0.6) is 11.5 Å². The van der Waals surface area contributed by atoms with E-state index in [9.17, 15) is 24.3 Å². The molecule has 2 unspecified atom stereocenters. The lowest BCUT2D eigenvalue weighted by molar-refractivity contribution is -0.139. The summed E-state index contributed by atoms with van der Waals surface area (Å²) in [5, 5.41) is 9.72. The zero-order valence-corrected chi connectivity index (χ0v) is 23.8. The number of aliphatic carboxylic acids is 1. The maximum atomic E-state index is 12.5. The number of hydrogen-bond donors (Lipinski definition) is 2. The fourth-order valence-corrected chi connectivity index (χ4v) is 3.63. The average molecular weight is 560 g/mol. The number of carboxylic acid groups (broad SMARTS) is 1. The van der Waals surface area contributed by atoms with Crippen LogP contribution in [0.1, 0.15) is 70.3 Å². The number of ether oxygens (including phenoxy) is 5. The molecule has 0 heterocycles. The van der Waals surface area contributed by atoms with Crippen molar-refractivity contribution in [2.24, 2.45) is 11.7 Å². The third-order valence-corrected chi connectivity index (χ3v) is 5.29. The van der Waals surface area contributed by atoms with Gasteiger partial charge in [0.25, 0.3) is 0 Å². The molecule has 0 aliphatic carbocycles. The van der Waals surface area contributed by atoms with Crippen molar-refractivity contribution in [3.8, 4) is 11.5 Å². The Balaban J connectivity index is 2.41. The van der Waals surface area contributed by atoms with Crippen molar-refractivity contribution in [2.75, 3.05) is 6.61 Å². The molecule has 0 radical (unpaired) electrons. The molecule has 40 heavy (non-hydrogen) atoms. The predicted molar refractivity (Wildman–Crippen MR) is 144 cm³/mol. The van der Waals surface area contributed by atoms with Gasteiger partial charge in [0.1, 0.15) is 17.2 Å². The fourth-order valence-electron chi connectivity index (χ4n) is 3.63. The molecule has 3 N–H and O–H groups in total. The van der Waals surface area contributed by atoms with Gasteiger partial charge in [0.2, 0.25) is 0 Å². The summed E-state index contributed by atoms with van der Waals surface area (Å²) in [6.45, 7) is 11.4. The molecule has 0 saturated carbocycles. The smallest absolute Gasteiger partial charge is 0.480 e. The minimum Gasteiger partial charge on any atom is -0.480 e. The van der Waals surface area contributed by atoms with Crippen LogP contribution in [0.2, 0.25) is 0 Å². The van der Waals surface area contributed by atoms with E-state index in [1.165, 1.54) is 18.2 Å². The SMILES string of the molecule is CC(COC(=O)c1ccccc1)C(c1ccc(OC(=O)OC(C)(C)C)c(OC(=O)OC(C)(C)C)c1)[C@H](N)C(=O)O. The van der Waals surface area contributed by atoms with Crippen molar-refractivity contribution >= 4 is 24.2 Å². The van der Waals surface area contributed by atoms with E-state index < -0.39 is 53.3 Å². The molecule has 0 aliphatic rings. The Morgan fingerprint density at radius 3 is 1.85 bits per heavy atom. The Kier molecular flexibility index (Phi) is 10.7. The summed E-state index contributed by atoms with van der Waals surface area (Å²) in [5.41, 5.74) is 4.99. The van der Waals surface area contributed by atoms with E-state index in [1.807, 2.05) is 0 Å². The van der Waals surface area contributed by atoms with Gasteiger partial charge in [-0.1, -0.05) is 31.2 Å². The standard InChI is InChI=1S/C29H37NO10/c1-17(16-36-25(33)18-11-9-8-10-12-18)22(23(30)24(31)32)19-13-14-20(37-26(34)39-28(2,3)4)21(15-19)38-27(35)40-29(5,6)7/h8-15,17,22-23H,16,30H2,1-7H3,(H,31,32)/t17?,22?,23-/m0/s1. The molecule has 11 nitrogen and oxygen atoms in total. The van der Waals surface area contributed by atoms with Gasteiger partial charge >= 0.3 is 24.2 Å². The van der Waals surface area contributed by atoms with Crippen molar-refractivity contribution in [3.05, 3.63) is 59.7 Å². The molecular weight excluding hydrogens is 522 g/mol. The third kappa shape index (κ3) is 10.2. The first kappa shape index (κ1) is 32.1. The zero-order valence-electron chi connectivity index (χ0n) is 23.8. The monoisotopic (exact) mass is 559 g/mol. The number of rotatable bonds is 9. The highest BCUT2D eigenvalue weighted by molar-refractivity contribution is 5.89. The molecule has 2 aromatic carbocycles. The third-order valence-electron chi connectivity index (χ3n) is 5.29. The van der Waals surface area contributed by atoms with Gasteiger partial charge in [0, 0.05) is 5.92 Å². The van der Waals surface area contributed by atoms with Gasteiger partial charge in [-0.25, -0.2) is 14.4 Å². The van der Waals surface area contributed by atoms with E-state index >= 15 is 0 Å². The van der Waals surface area contributed by atoms with E-state index in [0.29, 0.717) is 11.1 Å². The van der Waals surface area contributed by atoms with E-state index in [4.69, 9.17) is 29.4 Å². The molecule has 0 bridgehead atoms. The first-order valence-electron chi connectivity index (χ1n) is 12.6. The maximum Gasteiger partial charge on any atom is 0.514 e. The Hall–Kier alpha value is -4.12. The lowest BCUT2D eigenvalue weighted by Crippen LogP contribution is -2.40. The summed E-state index contributed by atoms with van der Waals surface area (Å²) in [7, 11) is 0. The highest BCUT2D eigenvalue weighted by atomic mass is 16.8. The second-order valence-corrected chi connectivity index (χ2v) is 11.2. The lowest BCUT2D eigenvalue weighted by Gasteiger charge is -2.28. The van der Waals surface area contributed by atoms with Gasteiger partial charge < -0.3 is 34.5 Å². The van der Waals surface area contributed by atoms with Crippen LogP contribution >= 0.6 is 0 Å². The average Bonchev–Trinajstić information content (AvgIpc) is 2.82. The summed E-state index contributed by atoms with van der Waals surface area (Å²) in [6.07, 6.45) is -2.13. The van der Waals surface area contributed by atoms with Crippen molar-refractivity contribution in [1.29, 1.82) is 0 Å². The first-order chi connectivity index (χ1) is 18.5. The number of nitrogens with two attached hydrogens (primary N) is 1. The molecular formula is C29H37NO10. The van der Waals surface area contributed by atoms with E-state index in [-0.39, 0.29) is 18.1 Å². The molecule has 0 saturated heterocycles. The van der Waals surface area contributed by atoms with Crippen LogP contribution in [0.15, 0.2) is 48.5 Å². The van der Waals surface area contributed by atoms with Gasteiger partial charge in [-0.05, 0) is 77.3 Å². The molecule has 2 rings (SSSR count). The van der Waals surface area contributed by atoms with Gasteiger partial charge in [0.05, 0.1) is 12.2 Å². The number of esters is 1. The fraction of sp³-hybridized carbons (Fsp3) is 0.448. The van der Waals surface area contributed by atoms with Crippen molar-refractivity contribution in [1.82, 2.24) is 0 Å². The summed E-state index contributed by atoms with van der Waals surface area (Å²) in [6, 6.07) is 11.0. The van der Waals surface area contributed by atoms with Crippen LogP contribution in [-0.4, -0.2) is 53.2 Å². The van der Waals surface area contributed by atoms with Crippen LogP contribution in [0, 0.1) is 5.92 Å². The Morgan fingerprint density at radius 1 is 0.825 bits per heavy atom. The van der Waals surface area contributed by atoms with Crippen LogP contribution in [0.3, 0.4) is 0 Å². The quantitative estimate of drug-likeness (QED) is 0.233. The molecule has 2 aromatic rings. The maximum absolute atomic E-state index is 12.5. The van der Waals surface area contributed by atoms with Gasteiger partial charge in [0.15, 0.2) is 11.5 Å². The normalized spacial score (nSPS) is 13.8. The highest BCUT2D eigenvalue weighted by Gasteiger charge is 2.33. The largest absolute Gasteiger partial charge is 0.514 e. The van der Waals surface area contributed by atoms with Crippen molar-refractivity contribution in [3.63, 3.8) is 0 Å². The van der Waals surface area contributed by atoms with Crippen molar-refractivity contribution < 1.29 is 48.0 Å². The molecule has 0 aliphatic heterocycles. The number of hydrogen-bond acceptors (Lipinski definition) is 10. The topological polar surface area (TPSA) is 161 Å². The van der Waals surface area contributed by atoms with E-state index in [1.54, 1.807) is 78.8 Å². The van der Waals surface area contributed by atoms with Gasteiger partial charge in [-0.2, -0.15) is 0 Å². The van der Waals surface area contributed by atoms with Crippen molar-refractivity contribution in [2.45, 2.75) is 71.6 Å². The summed E-state index contributed by atoms with van der Waals surface area (Å²) < 4.78 is 26.4. The Morgan fingerprint density at radius 2 is 1.35 bits per heavy atom. The second kappa shape index (κ2) is 13.3.